The van der Waals surface area contributed by atoms with Crippen molar-refractivity contribution in [2.75, 3.05) is 5.32 Å². The fourth-order valence-electron chi connectivity index (χ4n) is 4.35. The number of alkyl halides is 3. The van der Waals surface area contributed by atoms with E-state index in [-0.39, 0.29) is 17.9 Å². The summed E-state index contributed by atoms with van der Waals surface area (Å²) < 4.78 is 50.4. The summed E-state index contributed by atoms with van der Waals surface area (Å²) >= 11 is 4.52. The van der Waals surface area contributed by atoms with Gasteiger partial charge in [-0.1, -0.05) is 18.2 Å². The van der Waals surface area contributed by atoms with E-state index in [2.05, 4.69) is 32.9 Å². The van der Waals surface area contributed by atoms with E-state index in [9.17, 15) is 27.5 Å². The Morgan fingerprint density at radius 1 is 1.21 bits per heavy atom. The second kappa shape index (κ2) is 11.4. The van der Waals surface area contributed by atoms with Crippen molar-refractivity contribution in [3.63, 3.8) is 0 Å². The van der Waals surface area contributed by atoms with Gasteiger partial charge in [0, 0.05) is 29.4 Å². The third-order valence-electron chi connectivity index (χ3n) is 5.99. The summed E-state index contributed by atoms with van der Waals surface area (Å²) in [5, 5.41) is 2.82. The van der Waals surface area contributed by atoms with Crippen molar-refractivity contribution in [2.24, 2.45) is 4.99 Å². The number of aliphatic imine (C=N–C) groups is 1. The molecule has 3 aromatic rings. The number of aryl methyl sites for hydroxylation is 2. The van der Waals surface area contributed by atoms with E-state index in [1.807, 2.05) is 25.3 Å². The molecule has 2 heterocycles. The number of hydrogen-bond acceptors (Lipinski definition) is 6. The van der Waals surface area contributed by atoms with Crippen molar-refractivity contribution in [3.05, 3.63) is 88.4 Å². The third kappa shape index (κ3) is 7.54. The Hall–Kier alpha value is -2.98. The van der Waals surface area contributed by atoms with Gasteiger partial charge in [-0.3, -0.25) is 9.56 Å². The quantitative estimate of drug-likeness (QED) is 0.146. The SMILES string of the molecule is Cc1cc(Nc2cc(C(F)(F)F)ccn2)nc(/C(S)=C/N=CC2CCCc3cc(CP(=O)(O)O)ccc32)c1. The molecule has 12 heteroatoms. The fourth-order valence-corrected chi connectivity index (χ4v) is 5.20. The van der Waals surface area contributed by atoms with Crippen molar-refractivity contribution in [1.82, 2.24) is 9.97 Å². The van der Waals surface area contributed by atoms with E-state index in [0.717, 1.165) is 54.3 Å². The number of halogens is 3. The molecule has 0 fully saturated rings. The lowest BCUT2D eigenvalue weighted by molar-refractivity contribution is -0.137. The molecule has 1 aromatic carbocycles. The van der Waals surface area contributed by atoms with Gasteiger partial charge < -0.3 is 15.1 Å². The van der Waals surface area contributed by atoms with Crippen LogP contribution in [0.15, 0.2) is 59.9 Å². The van der Waals surface area contributed by atoms with E-state index in [0.29, 0.717) is 22.0 Å². The minimum absolute atomic E-state index is 0.0199. The van der Waals surface area contributed by atoms with Crippen LogP contribution in [-0.4, -0.2) is 26.0 Å². The Kier molecular flexibility index (Phi) is 8.42. The number of hydrogen-bond donors (Lipinski definition) is 4. The minimum Gasteiger partial charge on any atom is -0.325 e. The molecular formula is C26H26F3N4O3PS. The molecule has 0 aliphatic heterocycles. The van der Waals surface area contributed by atoms with Crippen LogP contribution >= 0.6 is 20.2 Å². The molecule has 200 valence electrons. The first-order valence-electron chi connectivity index (χ1n) is 11.8. The van der Waals surface area contributed by atoms with Crippen LogP contribution in [0.25, 0.3) is 4.91 Å². The second-order valence-electron chi connectivity index (χ2n) is 9.13. The lowest BCUT2D eigenvalue weighted by atomic mass is 9.83. The Bertz CT molecular complexity index is 1440. The first-order chi connectivity index (χ1) is 17.9. The zero-order valence-electron chi connectivity index (χ0n) is 20.4. The number of nitrogens with zero attached hydrogens (tertiary/aromatic N) is 3. The van der Waals surface area contributed by atoms with Gasteiger partial charge in [0.05, 0.1) is 17.4 Å². The van der Waals surface area contributed by atoms with Gasteiger partial charge in [0.2, 0.25) is 0 Å². The van der Waals surface area contributed by atoms with E-state index in [1.54, 1.807) is 24.4 Å². The van der Waals surface area contributed by atoms with Crippen LogP contribution in [0.3, 0.4) is 0 Å². The molecule has 1 unspecified atom stereocenters. The standard InChI is InChI=1S/C26H26F3N4O3PS/c1-16-9-22(32-25(10-16)33-24-12-20(7-8-31-24)26(27,28)29)23(38)14-30-13-19-4-2-3-18-11-17(5-6-21(18)19)15-37(34,35)36/h5-14,19,38H,2-4,15H2,1H3,(H,31,32,33)(H2,34,35,36)/b23-14-,30-13?. The predicted octanol–water partition coefficient (Wildman–Crippen LogP) is 6.64. The van der Waals surface area contributed by atoms with Crippen LogP contribution in [0.1, 0.15) is 52.3 Å². The van der Waals surface area contributed by atoms with E-state index < -0.39 is 19.3 Å². The molecule has 0 radical (unpaired) electrons. The maximum Gasteiger partial charge on any atom is 0.416 e. The minimum atomic E-state index is -4.48. The number of aromatic nitrogens is 2. The Morgan fingerprint density at radius 2 is 2.00 bits per heavy atom. The number of benzene rings is 1. The number of rotatable bonds is 7. The van der Waals surface area contributed by atoms with Crippen molar-refractivity contribution in [3.8, 4) is 0 Å². The summed E-state index contributed by atoms with van der Waals surface area (Å²) in [4.78, 5) is 31.8. The molecule has 0 bridgehead atoms. The predicted molar refractivity (Wildman–Crippen MR) is 145 cm³/mol. The summed E-state index contributed by atoms with van der Waals surface area (Å²) in [6.45, 7) is 1.83. The average Bonchev–Trinajstić information content (AvgIpc) is 2.82. The topological polar surface area (TPSA) is 108 Å². The van der Waals surface area contributed by atoms with Gasteiger partial charge in [-0.05, 0) is 72.7 Å². The van der Waals surface area contributed by atoms with Crippen LogP contribution in [0.2, 0.25) is 0 Å². The van der Waals surface area contributed by atoms with Crippen LogP contribution in [0, 0.1) is 6.92 Å². The summed E-state index contributed by atoms with van der Waals surface area (Å²) in [5.74, 6) is 0.393. The molecular weight excluding hydrogens is 536 g/mol. The summed E-state index contributed by atoms with van der Waals surface area (Å²) in [5.41, 5.74) is 3.26. The molecule has 0 saturated carbocycles. The molecule has 1 atom stereocenters. The molecule has 0 amide bonds. The molecule has 2 aromatic heterocycles. The first kappa shape index (κ1) is 28.0. The van der Waals surface area contributed by atoms with E-state index in [1.165, 1.54) is 0 Å². The molecule has 4 rings (SSSR count). The maximum atomic E-state index is 13.0. The molecule has 0 saturated heterocycles. The monoisotopic (exact) mass is 562 g/mol. The highest BCUT2D eigenvalue weighted by Gasteiger charge is 2.30. The van der Waals surface area contributed by atoms with Crippen molar-refractivity contribution in [2.45, 2.75) is 44.4 Å². The molecule has 1 aliphatic rings. The lowest BCUT2D eigenvalue weighted by Crippen LogP contribution is -2.11. The molecule has 1 aliphatic carbocycles. The molecule has 38 heavy (non-hydrogen) atoms. The van der Waals surface area contributed by atoms with Crippen LogP contribution < -0.4 is 5.32 Å². The largest absolute Gasteiger partial charge is 0.416 e. The molecule has 0 spiro atoms. The normalized spacial score (nSPS) is 16.5. The van der Waals surface area contributed by atoms with Crippen molar-refractivity contribution < 1.29 is 27.5 Å². The highest BCUT2D eigenvalue weighted by atomic mass is 32.1. The van der Waals surface area contributed by atoms with Gasteiger partial charge in [0.1, 0.15) is 11.6 Å². The van der Waals surface area contributed by atoms with Gasteiger partial charge in [0.25, 0.3) is 0 Å². The van der Waals surface area contributed by atoms with Crippen LogP contribution in [-0.2, 0) is 23.3 Å². The number of anilines is 2. The van der Waals surface area contributed by atoms with Crippen LogP contribution in [0.4, 0.5) is 24.8 Å². The number of fused-ring (bicyclic) bond motifs is 1. The fraction of sp³-hybridized carbons (Fsp3) is 0.269. The number of thiol groups is 1. The van der Waals surface area contributed by atoms with Crippen molar-refractivity contribution in [1.29, 1.82) is 0 Å². The second-order valence-corrected chi connectivity index (χ2v) is 11.3. The Balaban J connectivity index is 1.50. The third-order valence-corrected chi connectivity index (χ3v) is 7.12. The van der Waals surface area contributed by atoms with E-state index in [4.69, 9.17) is 0 Å². The molecule has 3 N–H and O–H groups in total. The van der Waals surface area contributed by atoms with Gasteiger partial charge in [-0.2, -0.15) is 13.2 Å². The lowest BCUT2D eigenvalue weighted by Gasteiger charge is -2.23. The maximum absolute atomic E-state index is 13.0. The average molecular weight is 563 g/mol. The van der Waals surface area contributed by atoms with Crippen LogP contribution in [0.5, 0.6) is 0 Å². The van der Waals surface area contributed by atoms with Gasteiger partial charge >= 0.3 is 13.8 Å². The smallest absolute Gasteiger partial charge is 0.325 e. The number of pyridine rings is 2. The number of nitrogens with one attached hydrogen (secondary N) is 1. The van der Waals surface area contributed by atoms with Gasteiger partial charge in [0.15, 0.2) is 0 Å². The van der Waals surface area contributed by atoms with Gasteiger partial charge in [-0.15, -0.1) is 12.6 Å². The highest BCUT2D eigenvalue weighted by molar-refractivity contribution is 7.90. The summed E-state index contributed by atoms with van der Waals surface area (Å²) in [6.07, 6.45) is 2.37. The summed E-state index contributed by atoms with van der Waals surface area (Å²) in [6, 6.07) is 10.8. The van der Waals surface area contributed by atoms with Crippen molar-refractivity contribution >= 4 is 43.0 Å². The Labute approximate surface area is 223 Å². The van der Waals surface area contributed by atoms with E-state index >= 15 is 0 Å². The zero-order valence-corrected chi connectivity index (χ0v) is 22.1. The highest BCUT2D eigenvalue weighted by Crippen LogP contribution is 2.40. The first-order valence-corrected chi connectivity index (χ1v) is 14.0. The molecule has 7 nitrogen and oxygen atoms in total. The van der Waals surface area contributed by atoms with Gasteiger partial charge in [-0.25, -0.2) is 9.97 Å². The zero-order chi connectivity index (χ0) is 27.5. The summed E-state index contributed by atoms with van der Waals surface area (Å²) in [7, 11) is -4.13. The Morgan fingerprint density at radius 3 is 2.74 bits per heavy atom.